The number of rotatable bonds is 15. The number of aromatic hydroxyl groups is 1. The van der Waals surface area contributed by atoms with Crippen molar-refractivity contribution in [3.63, 3.8) is 0 Å². The summed E-state index contributed by atoms with van der Waals surface area (Å²) in [7, 11) is 1.47. The number of aliphatic hydroxyl groups is 2. The Bertz CT molecular complexity index is 2480. The first kappa shape index (κ1) is 42.7. The Hall–Kier alpha value is -6.41. The number of phenolic OH excluding ortho intramolecular Hbond substituents is 1. The molecular formula is C43H47N6O12+. The molecule has 10 N–H and O–H groups in total. The highest BCUT2D eigenvalue weighted by atomic mass is 16.8. The predicted octanol–water partition coefficient (Wildman–Crippen LogP) is 0.682. The number of phenols is 1. The summed E-state index contributed by atoms with van der Waals surface area (Å²) in [6.45, 7) is 3.61. The molecule has 0 saturated carbocycles. The number of allylic oxidation sites excluding steroid dienone is 1. The number of hydrogen-bond acceptors (Lipinski definition) is 14. The number of carboxylic acids is 1. The van der Waals surface area contributed by atoms with E-state index in [4.69, 9.17) is 34.9 Å². The topological polar surface area (TPSA) is 275 Å². The number of carbonyl (C=O) groups is 2. The van der Waals surface area contributed by atoms with Crippen LogP contribution in [0, 0.1) is 19.8 Å². The van der Waals surface area contributed by atoms with Crippen molar-refractivity contribution in [1.29, 1.82) is 0 Å². The monoisotopic (exact) mass is 839 g/mol. The van der Waals surface area contributed by atoms with Gasteiger partial charge < -0.3 is 55.8 Å². The summed E-state index contributed by atoms with van der Waals surface area (Å²) in [6, 6.07) is 15.7. The zero-order valence-corrected chi connectivity index (χ0v) is 33.5. The van der Waals surface area contributed by atoms with Gasteiger partial charge in [0.2, 0.25) is 12.4 Å². The van der Waals surface area contributed by atoms with E-state index in [0.29, 0.717) is 28.6 Å². The standard InChI is InChI=1S/C43H46N6O12/c1-21-14-22(2)16-25(15-21)35-34-24(10-12-47-34)18-49(35)61-39-38(53)37(52)32(20-58-41(56)33(40(54)55)30(46-3)11-13-48-43(44)45)60-42(39)59-27-8-9-28-31(17-27)57-19-29(36(28)51)23-4-6-26(50)7-5-23/h4-10,12,14-17,19,30,32-33,37-39,42,46,50,52-53H,11,13,18,20H2,1-3H3,(H,54,55)(H4,44,45,48)/p+1. The third-order valence-corrected chi connectivity index (χ3v) is 10.7. The Morgan fingerprint density at radius 2 is 1.77 bits per heavy atom. The molecule has 18 heteroatoms. The largest absolute Gasteiger partial charge is 0.508 e. The molecule has 4 aromatic rings. The third kappa shape index (κ3) is 9.19. The first-order valence-corrected chi connectivity index (χ1v) is 19.5. The molecule has 0 radical (unpaired) electrons. The molecule has 3 aromatic carbocycles. The highest BCUT2D eigenvalue weighted by molar-refractivity contribution is 5.95. The van der Waals surface area contributed by atoms with Crippen LogP contribution in [0.3, 0.4) is 0 Å². The maximum atomic E-state index is 13.5. The zero-order chi connectivity index (χ0) is 43.5. The quantitative estimate of drug-likeness (QED) is 0.0354. The van der Waals surface area contributed by atoms with Crippen LogP contribution in [0.15, 0.2) is 103 Å². The van der Waals surface area contributed by atoms with E-state index in [2.05, 4.69) is 15.3 Å². The number of hydroxylamine groups is 2. The Balaban J connectivity index is 1.18. The summed E-state index contributed by atoms with van der Waals surface area (Å²) >= 11 is 0. The van der Waals surface area contributed by atoms with Crippen molar-refractivity contribution in [2.24, 2.45) is 27.4 Å². The van der Waals surface area contributed by atoms with Crippen molar-refractivity contribution in [2.75, 3.05) is 26.7 Å². The smallest absolute Gasteiger partial charge is 0.322 e. The zero-order valence-electron chi connectivity index (χ0n) is 33.5. The van der Waals surface area contributed by atoms with Crippen LogP contribution < -0.4 is 32.0 Å². The Kier molecular flexibility index (Phi) is 12.6. The van der Waals surface area contributed by atoms with E-state index in [9.17, 15) is 34.8 Å². The van der Waals surface area contributed by atoms with Crippen LogP contribution in [0.5, 0.6) is 11.5 Å². The molecule has 1 aromatic heterocycles. The van der Waals surface area contributed by atoms with Crippen molar-refractivity contribution in [3.05, 3.63) is 111 Å². The number of hydrogen-bond donors (Lipinski definition) is 8. The van der Waals surface area contributed by atoms with E-state index >= 15 is 0 Å². The fourth-order valence-electron chi connectivity index (χ4n) is 7.73. The molecular weight excluding hydrogens is 793 g/mol. The van der Waals surface area contributed by atoms with Crippen LogP contribution in [-0.2, 0) is 23.9 Å². The van der Waals surface area contributed by atoms with Crippen LogP contribution in [0.2, 0.25) is 0 Å². The molecule has 0 bridgehead atoms. The highest BCUT2D eigenvalue weighted by Gasteiger charge is 2.51. The minimum atomic E-state index is -1.72. The van der Waals surface area contributed by atoms with Gasteiger partial charge in [0.05, 0.1) is 10.9 Å². The number of aliphatic imine (C=N–C) groups is 2. The van der Waals surface area contributed by atoms with Crippen molar-refractivity contribution in [2.45, 2.75) is 57.0 Å². The number of carboxylic acid groups (broad SMARTS) is 1. The lowest BCUT2D eigenvalue weighted by molar-refractivity contribution is -1.04. The second-order valence-electron chi connectivity index (χ2n) is 15.0. The molecule has 18 nitrogen and oxygen atoms in total. The first-order chi connectivity index (χ1) is 29.2. The van der Waals surface area contributed by atoms with Gasteiger partial charge in [-0.3, -0.25) is 19.4 Å². The second-order valence-corrected chi connectivity index (χ2v) is 15.0. The Labute approximate surface area is 349 Å². The van der Waals surface area contributed by atoms with E-state index in [1.165, 1.54) is 43.6 Å². The van der Waals surface area contributed by atoms with Crippen molar-refractivity contribution < 1.29 is 58.5 Å². The minimum Gasteiger partial charge on any atom is -0.508 e. The first-order valence-electron chi connectivity index (χ1n) is 19.5. The number of esters is 1. The number of nitrogens with two attached hydrogens (primary N) is 2. The molecule has 7 rings (SSSR count). The number of nitrogens with zero attached hydrogens (tertiary/aromatic N) is 2. The summed E-state index contributed by atoms with van der Waals surface area (Å²) in [4.78, 5) is 54.2. The summed E-state index contributed by atoms with van der Waals surface area (Å²) < 4.78 is 23.9. The fourth-order valence-corrected chi connectivity index (χ4v) is 7.73. The van der Waals surface area contributed by atoms with Gasteiger partial charge in [0.25, 0.3) is 0 Å². The molecule has 0 amide bonds. The summed E-state index contributed by atoms with van der Waals surface area (Å²) in [5.41, 5.74) is 16.6. The maximum absolute atomic E-state index is 13.5. The lowest BCUT2D eigenvalue weighted by Gasteiger charge is -2.41. The average Bonchev–Trinajstić information content (AvgIpc) is 3.81. The number of quaternary nitrogens is 1. The average molecular weight is 840 g/mol. The molecule has 1 saturated heterocycles. The van der Waals surface area contributed by atoms with Crippen molar-refractivity contribution >= 4 is 40.8 Å². The number of carbonyl (C=O) groups excluding carboxylic acids is 1. The summed E-state index contributed by atoms with van der Waals surface area (Å²) in [5, 5.41) is 46.4. The second kappa shape index (κ2) is 18.1. The van der Waals surface area contributed by atoms with Gasteiger partial charge in [-0.15, -0.1) is 0 Å². The van der Waals surface area contributed by atoms with Crippen LogP contribution in [0.4, 0.5) is 0 Å². The van der Waals surface area contributed by atoms with Gasteiger partial charge in [0.1, 0.15) is 60.5 Å². The lowest BCUT2D eigenvalue weighted by Crippen LogP contribution is -3.08. The lowest BCUT2D eigenvalue weighted by atomic mass is 9.96. The molecule has 8 atom stereocenters. The molecule has 320 valence electrons. The maximum Gasteiger partial charge on any atom is 0.322 e. The third-order valence-electron chi connectivity index (χ3n) is 10.7. The number of aryl methyl sites for hydroxylation is 2. The summed E-state index contributed by atoms with van der Waals surface area (Å²) in [5.74, 6) is -4.33. The van der Waals surface area contributed by atoms with Crippen LogP contribution in [0.1, 0.15) is 23.1 Å². The van der Waals surface area contributed by atoms with E-state index in [1.54, 1.807) is 18.3 Å². The van der Waals surface area contributed by atoms with E-state index in [1.807, 2.05) is 38.1 Å². The van der Waals surface area contributed by atoms with Gasteiger partial charge in [0.15, 0.2) is 23.0 Å². The molecule has 0 spiro atoms. The van der Waals surface area contributed by atoms with Crippen LogP contribution in [-0.4, -0.2) is 108 Å². The molecule has 61 heavy (non-hydrogen) atoms. The number of aliphatic hydroxyl groups excluding tert-OH is 2. The van der Waals surface area contributed by atoms with E-state index < -0.39 is 61.2 Å². The SMILES string of the molecule is CNC(CCN=C(N)N)C(C(=O)O)C(=O)OCC1OC(Oc2ccc3c(=O)c(-c4ccc(O)cc4)coc3c2)C(O[NH+]2CC3=CC=NC3=C2c2cc(C)cc(C)c2)C(O)C1O. The molecule has 3 aliphatic rings. The number of guanidine groups is 1. The van der Waals surface area contributed by atoms with Gasteiger partial charge in [0, 0.05) is 36.0 Å². The molecule has 4 heterocycles. The highest BCUT2D eigenvalue weighted by Crippen LogP contribution is 2.32. The molecule has 1 fully saturated rings. The molecule has 8 unspecified atom stereocenters. The minimum absolute atomic E-state index is 0.0320. The van der Waals surface area contributed by atoms with Crippen molar-refractivity contribution in [1.82, 2.24) is 5.32 Å². The number of nitrogens with one attached hydrogen (secondary N) is 2. The van der Waals surface area contributed by atoms with E-state index in [0.717, 1.165) is 22.3 Å². The summed E-state index contributed by atoms with van der Waals surface area (Å²) in [6.07, 6.45) is -2.79. The Morgan fingerprint density at radius 3 is 2.46 bits per heavy atom. The van der Waals surface area contributed by atoms with E-state index in [-0.39, 0.29) is 52.4 Å². The molecule has 3 aliphatic heterocycles. The van der Waals surface area contributed by atoms with Crippen LogP contribution in [0.25, 0.3) is 27.8 Å². The number of fused-ring (bicyclic) bond motifs is 2. The molecule has 0 aliphatic carbocycles. The number of aliphatic carboxylic acids is 1. The van der Waals surface area contributed by atoms with Gasteiger partial charge in [-0.1, -0.05) is 29.3 Å². The van der Waals surface area contributed by atoms with Gasteiger partial charge in [-0.2, -0.15) is 9.90 Å². The fraction of sp³-hybridized carbons (Fsp3) is 0.326. The van der Waals surface area contributed by atoms with Gasteiger partial charge in [-0.25, -0.2) is 4.99 Å². The van der Waals surface area contributed by atoms with Crippen molar-refractivity contribution in [3.8, 4) is 22.6 Å². The number of ether oxygens (including phenoxy) is 3. The normalized spacial score (nSPS) is 23.0. The van der Waals surface area contributed by atoms with Gasteiger partial charge >= 0.3 is 11.9 Å². The van der Waals surface area contributed by atoms with Crippen LogP contribution >= 0.6 is 0 Å². The van der Waals surface area contributed by atoms with Gasteiger partial charge in [-0.05, 0) is 75.4 Å². The predicted molar refractivity (Wildman–Crippen MR) is 221 cm³/mol. The Morgan fingerprint density at radius 1 is 1.03 bits per heavy atom. The number of benzene rings is 3.